The standard InChI is InChI=1S/C20H22N2O4/c1-3-22(13-19(23)21-15-9-5-7-11-17(15)25-2)20(24)18-12-14-8-4-6-10-16(14)26-18/h4-11,18H,3,12-13H2,1-2H3,(H,21,23). The summed E-state index contributed by atoms with van der Waals surface area (Å²) in [5.74, 6) is 0.851. The van der Waals surface area contributed by atoms with Gasteiger partial charge in [0.25, 0.3) is 5.91 Å². The first-order valence-electron chi connectivity index (χ1n) is 8.58. The molecule has 0 saturated heterocycles. The quantitative estimate of drug-likeness (QED) is 0.865. The predicted octanol–water partition coefficient (Wildman–Crippen LogP) is 2.49. The largest absolute Gasteiger partial charge is 0.495 e. The van der Waals surface area contributed by atoms with Gasteiger partial charge in [0, 0.05) is 13.0 Å². The molecular weight excluding hydrogens is 332 g/mol. The minimum atomic E-state index is -0.577. The summed E-state index contributed by atoms with van der Waals surface area (Å²) in [6.07, 6.45) is -0.0500. The maximum atomic E-state index is 12.8. The van der Waals surface area contributed by atoms with Crippen LogP contribution in [0.3, 0.4) is 0 Å². The minimum Gasteiger partial charge on any atom is -0.495 e. The van der Waals surface area contributed by atoms with E-state index in [-0.39, 0.29) is 18.4 Å². The second kappa shape index (κ2) is 7.91. The summed E-state index contributed by atoms with van der Waals surface area (Å²) in [7, 11) is 1.54. The molecule has 1 heterocycles. The summed E-state index contributed by atoms with van der Waals surface area (Å²) in [6.45, 7) is 2.23. The number of hydrogen-bond acceptors (Lipinski definition) is 4. The molecule has 2 aromatic rings. The van der Waals surface area contributed by atoms with Gasteiger partial charge in [-0.25, -0.2) is 0 Å². The van der Waals surface area contributed by atoms with E-state index in [1.54, 1.807) is 19.2 Å². The third-order valence-electron chi connectivity index (χ3n) is 4.33. The fraction of sp³-hybridized carbons (Fsp3) is 0.300. The Kier molecular flexibility index (Phi) is 5.41. The van der Waals surface area contributed by atoms with Crippen molar-refractivity contribution in [3.05, 3.63) is 54.1 Å². The van der Waals surface area contributed by atoms with Gasteiger partial charge >= 0.3 is 0 Å². The molecule has 0 bridgehead atoms. The number of nitrogens with one attached hydrogen (secondary N) is 1. The summed E-state index contributed by atoms with van der Waals surface area (Å²) < 4.78 is 11.0. The lowest BCUT2D eigenvalue weighted by atomic mass is 10.1. The molecule has 0 spiro atoms. The number of benzene rings is 2. The van der Waals surface area contributed by atoms with E-state index in [0.717, 1.165) is 11.3 Å². The van der Waals surface area contributed by atoms with Crippen LogP contribution in [0.4, 0.5) is 5.69 Å². The number of methoxy groups -OCH3 is 1. The lowest BCUT2D eigenvalue weighted by molar-refractivity contribution is -0.140. The number of fused-ring (bicyclic) bond motifs is 1. The predicted molar refractivity (Wildman–Crippen MR) is 98.4 cm³/mol. The third kappa shape index (κ3) is 3.79. The van der Waals surface area contributed by atoms with Crippen LogP contribution >= 0.6 is 0 Å². The van der Waals surface area contributed by atoms with E-state index in [2.05, 4.69) is 5.32 Å². The summed E-state index contributed by atoms with van der Waals surface area (Å²) in [6, 6.07) is 14.8. The number of rotatable bonds is 6. The van der Waals surface area contributed by atoms with Crippen molar-refractivity contribution in [3.63, 3.8) is 0 Å². The number of hydrogen-bond donors (Lipinski definition) is 1. The lowest BCUT2D eigenvalue weighted by Gasteiger charge is -2.23. The highest BCUT2D eigenvalue weighted by molar-refractivity contribution is 5.96. The SMILES string of the molecule is CCN(CC(=O)Nc1ccccc1OC)C(=O)C1Cc2ccccc2O1. The van der Waals surface area contributed by atoms with E-state index in [0.29, 0.717) is 24.4 Å². The molecule has 136 valence electrons. The molecule has 6 heteroatoms. The highest BCUT2D eigenvalue weighted by Gasteiger charge is 2.32. The monoisotopic (exact) mass is 354 g/mol. The number of carbonyl (C=O) groups is 2. The van der Waals surface area contributed by atoms with Gasteiger partial charge in [0.1, 0.15) is 11.5 Å². The van der Waals surface area contributed by atoms with Gasteiger partial charge in [0.05, 0.1) is 19.3 Å². The first-order chi connectivity index (χ1) is 12.6. The number of ether oxygens (including phenoxy) is 2. The van der Waals surface area contributed by atoms with Crippen molar-refractivity contribution in [3.8, 4) is 11.5 Å². The smallest absolute Gasteiger partial charge is 0.264 e. The van der Waals surface area contributed by atoms with Gasteiger partial charge in [-0.05, 0) is 30.7 Å². The molecule has 1 unspecified atom stereocenters. The van der Waals surface area contributed by atoms with Gasteiger partial charge in [-0.1, -0.05) is 30.3 Å². The van der Waals surface area contributed by atoms with Crippen LogP contribution in [0.1, 0.15) is 12.5 Å². The van der Waals surface area contributed by atoms with Crippen LogP contribution in [0, 0.1) is 0 Å². The van der Waals surface area contributed by atoms with Crippen molar-refractivity contribution in [2.24, 2.45) is 0 Å². The lowest BCUT2D eigenvalue weighted by Crippen LogP contribution is -2.44. The molecule has 0 radical (unpaired) electrons. The second-order valence-electron chi connectivity index (χ2n) is 6.02. The number of para-hydroxylation sites is 3. The van der Waals surface area contributed by atoms with Gasteiger partial charge in [-0.15, -0.1) is 0 Å². The molecule has 0 aromatic heterocycles. The average molecular weight is 354 g/mol. The molecule has 2 aromatic carbocycles. The molecule has 1 aliphatic heterocycles. The number of likely N-dealkylation sites (N-methyl/N-ethyl adjacent to an activating group) is 1. The van der Waals surface area contributed by atoms with Gasteiger partial charge in [0.2, 0.25) is 5.91 Å². The zero-order valence-corrected chi connectivity index (χ0v) is 14.9. The van der Waals surface area contributed by atoms with E-state index in [4.69, 9.17) is 9.47 Å². The maximum absolute atomic E-state index is 12.8. The number of anilines is 1. The average Bonchev–Trinajstić information content (AvgIpc) is 3.10. The molecule has 0 aliphatic carbocycles. The van der Waals surface area contributed by atoms with Crippen LogP contribution in [-0.2, 0) is 16.0 Å². The number of amides is 2. The van der Waals surface area contributed by atoms with E-state index in [1.165, 1.54) is 4.90 Å². The molecule has 0 fully saturated rings. The number of nitrogens with zero attached hydrogens (tertiary/aromatic N) is 1. The Hall–Kier alpha value is -3.02. The molecule has 0 saturated carbocycles. The van der Waals surface area contributed by atoms with Gasteiger partial charge < -0.3 is 19.7 Å². The highest BCUT2D eigenvalue weighted by atomic mass is 16.5. The van der Waals surface area contributed by atoms with Crippen molar-refractivity contribution in [1.29, 1.82) is 0 Å². The Morgan fingerprint density at radius 1 is 1.19 bits per heavy atom. The molecule has 1 aliphatic rings. The summed E-state index contributed by atoms with van der Waals surface area (Å²) in [5, 5.41) is 2.79. The molecule has 1 N–H and O–H groups in total. The van der Waals surface area contributed by atoms with Crippen LogP contribution in [0.25, 0.3) is 0 Å². The van der Waals surface area contributed by atoms with Crippen LogP contribution < -0.4 is 14.8 Å². The minimum absolute atomic E-state index is 0.0381. The van der Waals surface area contributed by atoms with Crippen molar-refractivity contribution < 1.29 is 19.1 Å². The molecular formula is C20H22N2O4. The van der Waals surface area contributed by atoms with E-state index < -0.39 is 6.10 Å². The normalized spacial score (nSPS) is 14.9. The Morgan fingerprint density at radius 3 is 2.65 bits per heavy atom. The van der Waals surface area contributed by atoms with Crippen molar-refractivity contribution >= 4 is 17.5 Å². The van der Waals surface area contributed by atoms with Crippen LogP contribution in [0.15, 0.2) is 48.5 Å². The first kappa shape index (κ1) is 17.8. The van der Waals surface area contributed by atoms with E-state index in [1.807, 2.05) is 43.3 Å². The highest BCUT2D eigenvalue weighted by Crippen LogP contribution is 2.29. The maximum Gasteiger partial charge on any atom is 0.264 e. The Balaban J connectivity index is 1.62. The first-order valence-corrected chi connectivity index (χ1v) is 8.58. The molecule has 26 heavy (non-hydrogen) atoms. The van der Waals surface area contributed by atoms with Crippen LogP contribution in [0.2, 0.25) is 0 Å². The fourth-order valence-corrected chi connectivity index (χ4v) is 2.98. The summed E-state index contributed by atoms with van der Waals surface area (Å²) >= 11 is 0. The van der Waals surface area contributed by atoms with Crippen molar-refractivity contribution in [2.45, 2.75) is 19.4 Å². The van der Waals surface area contributed by atoms with Gasteiger partial charge in [-0.2, -0.15) is 0 Å². The van der Waals surface area contributed by atoms with Crippen molar-refractivity contribution in [1.82, 2.24) is 4.90 Å². The summed E-state index contributed by atoms with van der Waals surface area (Å²) in [5.41, 5.74) is 1.59. The Labute approximate surface area is 152 Å². The summed E-state index contributed by atoms with van der Waals surface area (Å²) in [4.78, 5) is 26.6. The zero-order valence-electron chi connectivity index (χ0n) is 14.9. The Morgan fingerprint density at radius 2 is 1.92 bits per heavy atom. The fourth-order valence-electron chi connectivity index (χ4n) is 2.98. The van der Waals surface area contributed by atoms with Crippen molar-refractivity contribution in [2.75, 3.05) is 25.5 Å². The third-order valence-corrected chi connectivity index (χ3v) is 4.33. The van der Waals surface area contributed by atoms with Crippen LogP contribution in [-0.4, -0.2) is 43.0 Å². The second-order valence-corrected chi connectivity index (χ2v) is 6.02. The number of carbonyl (C=O) groups excluding carboxylic acids is 2. The van der Waals surface area contributed by atoms with Crippen LogP contribution in [0.5, 0.6) is 11.5 Å². The van der Waals surface area contributed by atoms with Gasteiger partial charge in [0.15, 0.2) is 6.10 Å². The molecule has 2 amide bonds. The van der Waals surface area contributed by atoms with E-state index >= 15 is 0 Å². The topological polar surface area (TPSA) is 67.9 Å². The van der Waals surface area contributed by atoms with Gasteiger partial charge in [-0.3, -0.25) is 9.59 Å². The molecule has 3 rings (SSSR count). The molecule has 6 nitrogen and oxygen atoms in total. The van der Waals surface area contributed by atoms with E-state index in [9.17, 15) is 9.59 Å². The Bertz CT molecular complexity index is 781. The molecule has 1 atom stereocenters. The zero-order chi connectivity index (χ0) is 18.5.